The third-order valence-electron chi connectivity index (χ3n) is 5.34. The minimum absolute atomic E-state index is 0.300. The second-order valence-corrected chi connectivity index (χ2v) is 7.18. The van der Waals surface area contributed by atoms with Crippen molar-refractivity contribution < 1.29 is 17.6 Å². The summed E-state index contributed by atoms with van der Waals surface area (Å²) in [6.45, 7) is 1.82. The SMILES string of the molecule is Cc1nc2ccc(F)cc2n1-c1ccc(-n2nc(C(F)(F)F)c3c2CCC3)cc1. The summed E-state index contributed by atoms with van der Waals surface area (Å²) in [5.74, 6) is 0.333. The summed E-state index contributed by atoms with van der Waals surface area (Å²) >= 11 is 0. The van der Waals surface area contributed by atoms with Gasteiger partial charge in [-0.15, -0.1) is 0 Å². The van der Waals surface area contributed by atoms with Crippen LogP contribution in [0.15, 0.2) is 42.5 Å². The molecule has 0 atom stereocenters. The van der Waals surface area contributed by atoms with Crippen LogP contribution in [-0.2, 0) is 19.0 Å². The molecule has 0 saturated carbocycles. The summed E-state index contributed by atoms with van der Waals surface area (Å²) in [4.78, 5) is 4.44. The van der Waals surface area contributed by atoms with Gasteiger partial charge in [0.1, 0.15) is 11.6 Å². The van der Waals surface area contributed by atoms with Crippen LogP contribution in [0.5, 0.6) is 0 Å². The molecule has 4 nitrogen and oxygen atoms in total. The zero-order chi connectivity index (χ0) is 20.3. The van der Waals surface area contributed by atoms with Crippen molar-refractivity contribution in [2.45, 2.75) is 32.4 Å². The summed E-state index contributed by atoms with van der Waals surface area (Å²) in [7, 11) is 0. The molecule has 0 amide bonds. The van der Waals surface area contributed by atoms with E-state index in [1.165, 1.54) is 16.8 Å². The Kier molecular flexibility index (Phi) is 3.81. The van der Waals surface area contributed by atoms with E-state index in [-0.39, 0.29) is 5.82 Å². The number of hydrogen-bond donors (Lipinski definition) is 0. The molecule has 4 aromatic rings. The van der Waals surface area contributed by atoms with E-state index in [0.29, 0.717) is 53.1 Å². The number of fused-ring (bicyclic) bond motifs is 2. The average molecular weight is 400 g/mol. The summed E-state index contributed by atoms with van der Waals surface area (Å²) in [6.07, 6.45) is -2.80. The van der Waals surface area contributed by atoms with E-state index in [2.05, 4.69) is 10.1 Å². The zero-order valence-electron chi connectivity index (χ0n) is 15.5. The van der Waals surface area contributed by atoms with Crippen LogP contribution in [0.3, 0.4) is 0 Å². The Hall–Kier alpha value is -3.16. The van der Waals surface area contributed by atoms with Gasteiger partial charge in [-0.05, 0) is 62.6 Å². The van der Waals surface area contributed by atoms with Crippen molar-refractivity contribution in [1.82, 2.24) is 19.3 Å². The number of benzene rings is 2. The first-order valence-corrected chi connectivity index (χ1v) is 9.26. The van der Waals surface area contributed by atoms with Crippen LogP contribution in [-0.4, -0.2) is 19.3 Å². The molecule has 0 bridgehead atoms. The van der Waals surface area contributed by atoms with Crippen molar-refractivity contribution in [3.8, 4) is 11.4 Å². The highest BCUT2D eigenvalue weighted by Gasteiger charge is 2.40. The molecule has 0 saturated heterocycles. The lowest BCUT2D eigenvalue weighted by Gasteiger charge is -2.10. The van der Waals surface area contributed by atoms with Gasteiger partial charge in [-0.1, -0.05) is 0 Å². The number of hydrogen-bond acceptors (Lipinski definition) is 2. The molecular formula is C21H16F4N4. The summed E-state index contributed by atoms with van der Waals surface area (Å²) in [5.41, 5.74) is 2.75. The Labute approximate surface area is 163 Å². The van der Waals surface area contributed by atoms with Gasteiger partial charge < -0.3 is 0 Å². The molecule has 2 heterocycles. The van der Waals surface area contributed by atoms with Gasteiger partial charge in [-0.3, -0.25) is 4.57 Å². The van der Waals surface area contributed by atoms with Crippen LogP contribution in [0, 0.1) is 12.7 Å². The minimum atomic E-state index is -4.46. The Morgan fingerprint density at radius 3 is 2.41 bits per heavy atom. The summed E-state index contributed by atoms with van der Waals surface area (Å²) in [5, 5.41) is 3.87. The van der Waals surface area contributed by atoms with Gasteiger partial charge in [0.05, 0.1) is 16.7 Å². The zero-order valence-corrected chi connectivity index (χ0v) is 15.5. The average Bonchev–Trinajstić information content (AvgIpc) is 3.34. The molecule has 2 aromatic heterocycles. The largest absolute Gasteiger partial charge is 0.435 e. The molecule has 0 N–H and O–H groups in total. The highest BCUT2D eigenvalue weighted by Crippen LogP contribution is 2.37. The van der Waals surface area contributed by atoms with Crippen molar-refractivity contribution >= 4 is 11.0 Å². The van der Waals surface area contributed by atoms with Gasteiger partial charge in [0, 0.05) is 23.0 Å². The summed E-state index contributed by atoms with van der Waals surface area (Å²) < 4.78 is 56.9. The van der Waals surface area contributed by atoms with E-state index in [1.54, 1.807) is 30.3 Å². The maximum Gasteiger partial charge on any atom is 0.435 e. The number of rotatable bonds is 2. The molecule has 2 aromatic carbocycles. The van der Waals surface area contributed by atoms with Crippen molar-refractivity contribution in [3.63, 3.8) is 0 Å². The molecule has 0 spiro atoms. The molecule has 0 radical (unpaired) electrons. The number of aryl methyl sites for hydroxylation is 1. The molecule has 0 aliphatic heterocycles. The van der Waals surface area contributed by atoms with E-state index < -0.39 is 11.9 Å². The first-order valence-electron chi connectivity index (χ1n) is 9.26. The van der Waals surface area contributed by atoms with Crippen molar-refractivity contribution in [2.24, 2.45) is 0 Å². The van der Waals surface area contributed by atoms with Crippen LogP contribution in [0.25, 0.3) is 22.4 Å². The van der Waals surface area contributed by atoms with E-state index in [9.17, 15) is 17.6 Å². The van der Waals surface area contributed by atoms with E-state index in [0.717, 1.165) is 5.69 Å². The Morgan fingerprint density at radius 1 is 0.966 bits per heavy atom. The predicted octanol–water partition coefficient (Wildman–Crippen LogP) is 5.17. The van der Waals surface area contributed by atoms with Crippen LogP contribution in [0.4, 0.5) is 17.6 Å². The highest BCUT2D eigenvalue weighted by molar-refractivity contribution is 5.78. The molecular weight excluding hydrogens is 384 g/mol. The monoisotopic (exact) mass is 400 g/mol. The molecule has 1 aliphatic carbocycles. The standard InChI is InChI=1S/C21H16F4N4/c1-12-26-17-10-5-13(22)11-19(17)28(12)14-6-8-15(9-7-14)29-18-4-2-3-16(18)20(27-29)21(23,24)25/h5-11H,2-4H2,1H3. The topological polar surface area (TPSA) is 35.6 Å². The van der Waals surface area contributed by atoms with E-state index in [4.69, 9.17) is 0 Å². The molecule has 8 heteroatoms. The van der Waals surface area contributed by atoms with Gasteiger partial charge in [-0.25, -0.2) is 14.1 Å². The number of nitrogens with zero attached hydrogens (tertiary/aromatic N) is 4. The smallest absolute Gasteiger partial charge is 0.296 e. The number of alkyl halides is 3. The Balaban J connectivity index is 1.59. The second kappa shape index (κ2) is 6.17. The van der Waals surface area contributed by atoms with Crippen LogP contribution in [0.2, 0.25) is 0 Å². The molecule has 1 aliphatic rings. The lowest BCUT2D eigenvalue weighted by Crippen LogP contribution is -2.10. The first-order chi connectivity index (χ1) is 13.8. The van der Waals surface area contributed by atoms with E-state index in [1.807, 2.05) is 11.5 Å². The quantitative estimate of drug-likeness (QED) is 0.436. The molecule has 0 fully saturated rings. The third-order valence-corrected chi connectivity index (χ3v) is 5.34. The number of imidazole rings is 1. The fourth-order valence-corrected chi connectivity index (χ4v) is 4.12. The Morgan fingerprint density at radius 2 is 1.69 bits per heavy atom. The van der Waals surface area contributed by atoms with Gasteiger partial charge in [0.15, 0.2) is 5.69 Å². The first kappa shape index (κ1) is 17.9. The number of aromatic nitrogens is 4. The maximum absolute atomic E-state index is 13.7. The normalized spacial score (nSPS) is 14.0. The van der Waals surface area contributed by atoms with Gasteiger partial charge in [-0.2, -0.15) is 18.3 Å². The molecule has 0 unspecified atom stereocenters. The lowest BCUT2D eigenvalue weighted by atomic mass is 10.2. The Bertz CT molecular complexity index is 1230. The highest BCUT2D eigenvalue weighted by atomic mass is 19.4. The lowest BCUT2D eigenvalue weighted by molar-refractivity contribution is -0.141. The second-order valence-electron chi connectivity index (χ2n) is 7.18. The third kappa shape index (κ3) is 2.82. The van der Waals surface area contributed by atoms with Crippen molar-refractivity contribution in [3.05, 3.63) is 71.1 Å². The maximum atomic E-state index is 13.7. The van der Waals surface area contributed by atoms with Gasteiger partial charge >= 0.3 is 6.18 Å². The van der Waals surface area contributed by atoms with Gasteiger partial charge in [0.25, 0.3) is 0 Å². The molecule has 5 rings (SSSR count). The minimum Gasteiger partial charge on any atom is -0.296 e. The number of halogens is 4. The van der Waals surface area contributed by atoms with Crippen LogP contribution in [0.1, 0.15) is 29.2 Å². The predicted molar refractivity (Wildman–Crippen MR) is 99.9 cm³/mol. The molecule has 29 heavy (non-hydrogen) atoms. The molecule has 148 valence electrons. The fourth-order valence-electron chi connectivity index (χ4n) is 4.12. The fraction of sp³-hybridized carbons (Fsp3) is 0.238. The van der Waals surface area contributed by atoms with Crippen molar-refractivity contribution in [1.29, 1.82) is 0 Å². The van der Waals surface area contributed by atoms with Crippen molar-refractivity contribution in [2.75, 3.05) is 0 Å². The van der Waals surface area contributed by atoms with Crippen LogP contribution >= 0.6 is 0 Å². The summed E-state index contributed by atoms with van der Waals surface area (Å²) in [6, 6.07) is 11.4. The van der Waals surface area contributed by atoms with E-state index >= 15 is 0 Å². The van der Waals surface area contributed by atoms with Crippen LogP contribution < -0.4 is 0 Å². The van der Waals surface area contributed by atoms with Gasteiger partial charge in [0.2, 0.25) is 0 Å².